The molecule has 1 aromatic heterocycles. The number of rotatable bonds is 10. The highest BCUT2D eigenvalue weighted by atomic mass is 32.2. The van der Waals surface area contributed by atoms with Crippen molar-refractivity contribution in [1.29, 1.82) is 0 Å². The molecule has 0 fully saturated rings. The van der Waals surface area contributed by atoms with E-state index in [4.69, 9.17) is 9.47 Å². The van der Waals surface area contributed by atoms with E-state index in [0.717, 1.165) is 11.8 Å². The van der Waals surface area contributed by atoms with Gasteiger partial charge in [-0.05, 0) is 24.5 Å². The Morgan fingerprint density at radius 1 is 1.10 bits per heavy atom. The Kier molecular flexibility index (Phi) is 8.56. The van der Waals surface area contributed by atoms with Crippen molar-refractivity contribution < 1.29 is 27.5 Å². The molecule has 2 amide bonds. The zero-order chi connectivity index (χ0) is 21.1. The van der Waals surface area contributed by atoms with Crippen LogP contribution in [0.5, 0.6) is 5.88 Å². The van der Waals surface area contributed by atoms with Gasteiger partial charge in [-0.1, -0.05) is 30.3 Å². The van der Waals surface area contributed by atoms with E-state index in [1.165, 1.54) is 19.2 Å². The number of ether oxygens (including phenoxy) is 2. The fourth-order valence-corrected chi connectivity index (χ4v) is 3.35. The van der Waals surface area contributed by atoms with Crippen molar-refractivity contribution in [2.45, 2.75) is 12.8 Å². The van der Waals surface area contributed by atoms with Gasteiger partial charge >= 0.3 is 6.09 Å². The van der Waals surface area contributed by atoms with Gasteiger partial charge in [0.1, 0.15) is 0 Å². The number of carbonyl (C=O) groups is 2. The van der Waals surface area contributed by atoms with Gasteiger partial charge in [-0.2, -0.15) is 0 Å². The monoisotopic (exact) mass is 421 g/mol. The van der Waals surface area contributed by atoms with Crippen molar-refractivity contribution in [1.82, 2.24) is 15.0 Å². The Hall–Kier alpha value is -2.98. The van der Waals surface area contributed by atoms with Gasteiger partial charge in [-0.25, -0.2) is 22.9 Å². The van der Waals surface area contributed by atoms with Crippen LogP contribution in [-0.2, 0) is 21.2 Å². The van der Waals surface area contributed by atoms with E-state index in [-0.39, 0.29) is 23.7 Å². The molecule has 0 aliphatic rings. The van der Waals surface area contributed by atoms with Gasteiger partial charge < -0.3 is 14.8 Å². The molecule has 0 atom stereocenters. The van der Waals surface area contributed by atoms with Crippen LogP contribution in [0.3, 0.4) is 0 Å². The average molecular weight is 421 g/mol. The molecule has 2 aromatic rings. The number of pyridine rings is 1. The van der Waals surface area contributed by atoms with Gasteiger partial charge in [0.05, 0.1) is 17.9 Å². The van der Waals surface area contributed by atoms with Crippen molar-refractivity contribution in [3.63, 3.8) is 0 Å². The summed E-state index contributed by atoms with van der Waals surface area (Å²) in [5.41, 5.74) is 1.06. The van der Waals surface area contributed by atoms with E-state index in [1.807, 2.05) is 35.1 Å². The molecule has 0 unspecified atom stereocenters. The maximum absolute atomic E-state index is 12.1. The molecule has 9 nitrogen and oxygen atoms in total. The van der Waals surface area contributed by atoms with Crippen molar-refractivity contribution in [3.05, 3.63) is 59.8 Å². The maximum Gasteiger partial charge on any atom is 0.414 e. The van der Waals surface area contributed by atoms with Crippen LogP contribution in [0, 0.1) is 0 Å². The highest BCUT2D eigenvalue weighted by Crippen LogP contribution is 2.09. The topological polar surface area (TPSA) is 124 Å². The fraction of sp³-hybridized carbons (Fsp3) is 0.316. The normalized spacial score (nSPS) is 10.9. The molecule has 2 N–H and O–H groups in total. The largest absolute Gasteiger partial charge is 0.414 e. The predicted octanol–water partition coefficient (Wildman–Crippen LogP) is 1.51. The van der Waals surface area contributed by atoms with Gasteiger partial charge in [0.25, 0.3) is 5.91 Å². The number of sulfonamides is 1. The summed E-state index contributed by atoms with van der Waals surface area (Å²) in [4.78, 5) is 27.5. The van der Waals surface area contributed by atoms with Crippen LogP contribution < -0.4 is 14.8 Å². The van der Waals surface area contributed by atoms with Crippen molar-refractivity contribution in [2.24, 2.45) is 0 Å². The van der Waals surface area contributed by atoms with Gasteiger partial charge in [0.2, 0.25) is 15.9 Å². The third kappa shape index (κ3) is 8.28. The third-order valence-electron chi connectivity index (χ3n) is 3.74. The van der Waals surface area contributed by atoms with Gasteiger partial charge in [0.15, 0.2) is 0 Å². The second-order valence-corrected chi connectivity index (χ2v) is 7.88. The molecule has 0 radical (unpaired) electrons. The Morgan fingerprint density at radius 3 is 2.52 bits per heavy atom. The summed E-state index contributed by atoms with van der Waals surface area (Å²) in [5.74, 6) is -1.00. The van der Waals surface area contributed by atoms with Crippen LogP contribution in [0.4, 0.5) is 4.79 Å². The molecule has 0 spiro atoms. The maximum atomic E-state index is 12.1. The number of nitrogens with one attached hydrogen (secondary N) is 2. The first kappa shape index (κ1) is 22.3. The zero-order valence-electron chi connectivity index (χ0n) is 16.0. The average Bonchev–Trinajstić information content (AvgIpc) is 2.69. The highest BCUT2D eigenvalue weighted by Gasteiger charge is 2.16. The minimum Gasteiger partial charge on any atom is -0.391 e. The first-order valence-corrected chi connectivity index (χ1v) is 10.5. The molecule has 0 saturated heterocycles. The third-order valence-corrected chi connectivity index (χ3v) is 5.06. The SMILES string of the molecule is COCCNC(=O)Oc1ccc(C(=O)NS(=O)(=O)CCCc2ccccc2)cn1. The number of aromatic nitrogens is 1. The smallest absolute Gasteiger partial charge is 0.391 e. The lowest BCUT2D eigenvalue weighted by atomic mass is 10.1. The standard InChI is InChI=1S/C19H23N3O6S/c1-27-12-11-20-19(24)28-17-10-9-16(14-21-17)18(23)22-29(25,26)13-5-8-15-6-3-2-4-7-15/h2-4,6-7,9-10,14H,5,8,11-13H2,1H3,(H,20,24)(H,22,23). The molecule has 2 rings (SSSR count). The molecule has 0 saturated carbocycles. The predicted molar refractivity (Wildman–Crippen MR) is 106 cm³/mol. The van der Waals surface area contributed by atoms with E-state index in [1.54, 1.807) is 0 Å². The Labute approximate surface area is 169 Å². The van der Waals surface area contributed by atoms with E-state index in [9.17, 15) is 18.0 Å². The van der Waals surface area contributed by atoms with Crippen molar-refractivity contribution in [2.75, 3.05) is 26.0 Å². The molecular weight excluding hydrogens is 398 g/mol. The highest BCUT2D eigenvalue weighted by molar-refractivity contribution is 7.90. The van der Waals surface area contributed by atoms with Crippen LogP contribution in [0.25, 0.3) is 0 Å². The minimum atomic E-state index is -3.78. The summed E-state index contributed by atoms with van der Waals surface area (Å²) in [6, 6.07) is 12.1. The van der Waals surface area contributed by atoms with Crippen LogP contribution in [0.2, 0.25) is 0 Å². The van der Waals surface area contributed by atoms with Crippen LogP contribution in [0.15, 0.2) is 48.7 Å². The molecule has 1 heterocycles. The molecular formula is C19H23N3O6S. The second kappa shape index (κ2) is 11.1. The van der Waals surface area contributed by atoms with Crippen LogP contribution >= 0.6 is 0 Å². The molecule has 0 bridgehead atoms. The number of carbonyl (C=O) groups excluding carboxylic acids is 2. The molecule has 1 aromatic carbocycles. The van der Waals surface area contributed by atoms with Crippen LogP contribution in [-0.4, -0.2) is 51.4 Å². The first-order chi connectivity index (χ1) is 13.9. The van der Waals surface area contributed by atoms with Gasteiger partial charge in [0, 0.05) is 25.9 Å². The lowest BCUT2D eigenvalue weighted by molar-refractivity contribution is 0.0981. The fourth-order valence-electron chi connectivity index (χ4n) is 2.32. The molecule has 0 aliphatic carbocycles. The number of benzene rings is 1. The summed E-state index contributed by atoms with van der Waals surface area (Å²) in [6.45, 7) is 0.611. The summed E-state index contributed by atoms with van der Waals surface area (Å²) in [7, 11) is -2.27. The van der Waals surface area contributed by atoms with E-state index in [0.29, 0.717) is 19.4 Å². The number of nitrogens with zero attached hydrogens (tertiary/aromatic N) is 1. The van der Waals surface area contributed by atoms with Crippen LogP contribution in [0.1, 0.15) is 22.3 Å². The van der Waals surface area contributed by atoms with Gasteiger partial charge in [-0.3, -0.25) is 4.79 Å². The number of hydrogen-bond donors (Lipinski definition) is 2. The van der Waals surface area contributed by atoms with Crippen molar-refractivity contribution in [3.8, 4) is 5.88 Å². The lowest BCUT2D eigenvalue weighted by Gasteiger charge is -2.08. The Balaban J connectivity index is 1.82. The number of methoxy groups -OCH3 is 1. The number of amides is 2. The summed E-state index contributed by atoms with van der Waals surface area (Å²) >= 11 is 0. The van der Waals surface area contributed by atoms with E-state index >= 15 is 0 Å². The van der Waals surface area contributed by atoms with E-state index in [2.05, 4.69) is 10.3 Å². The first-order valence-electron chi connectivity index (χ1n) is 8.89. The Bertz CT molecular complexity index is 901. The molecule has 156 valence electrons. The van der Waals surface area contributed by atoms with Crippen molar-refractivity contribution >= 4 is 22.0 Å². The zero-order valence-corrected chi connectivity index (χ0v) is 16.8. The molecule has 29 heavy (non-hydrogen) atoms. The summed E-state index contributed by atoms with van der Waals surface area (Å²) < 4.78 is 35.9. The second-order valence-electron chi connectivity index (χ2n) is 6.03. The lowest BCUT2D eigenvalue weighted by Crippen LogP contribution is -2.33. The summed E-state index contributed by atoms with van der Waals surface area (Å²) in [6.07, 6.45) is 1.39. The van der Waals surface area contributed by atoms with E-state index < -0.39 is 22.0 Å². The van der Waals surface area contributed by atoms with Gasteiger partial charge in [-0.15, -0.1) is 0 Å². The summed E-state index contributed by atoms with van der Waals surface area (Å²) in [5, 5.41) is 2.45. The Morgan fingerprint density at radius 2 is 1.86 bits per heavy atom. The quantitative estimate of drug-likeness (QED) is 0.557. The number of hydrogen-bond acceptors (Lipinski definition) is 7. The molecule has 0 aliphatic heterocycles. The molecule has 10 heteroatoms. The minimum absolute atomic E-state index is 0.0258. The number of aryl methyl sites for hydroxylation is 1.